The molecule has 2 nitrogen and oxygen atoms in total. The Balaban J connectivity index is 2.35. The molecule has 0 aliphatic heterocycles. The van der Waals surface area contributed by atoms with Gasteiger partial charge in [0.05, 0.1) is 17.1 Å². The van der Waals surface area contributed by atoms with Crippen LogP contribution in [-0.2, 0) is 0 Å². The van der Waals surface area contributed by atoms with Gasteiger partial charge in [-0.15, -0.1) is 0 Å². The predicted octanol–water partition coefficient (Wildman–Crippen LogP) is 4.67. The van der Waals surface area contributed by atoms with Crippen LogP contribution in [0.1, 0.15) is 79.6 Å². The molecule has 2 heteroatoms. The summed E-state index contributed by atoms with van der Waals surface area (Å²) in [5.41, 5.74) is -1.09. The fourth-order valence-electron chi connectivity index (χ4n) is 5.53. The zero-order chi connectivity index (χ0) is 15.2. The van der Waals surface area contributed by atoms with Crippen molar-refractivity contribution in [2.75, 3.05) is 0 Å². The van der Waals surface area contributed by atoms with E-state index < -0.39 is 11.0 Å². The Labute approximate surface area is 124 Å². The molecule has 2 saturated carbocycles. The van der Waals surface area contributed by atoms with Gasteiger partial charge in [-0.25, -0.2) is 0 Å². The normalized spacial score (nSPS) is 38.4. The average Bonchev–Trinajstić information content (AvgIpc) is 2.69. The van der Waals surface area contributed by atoms with E-state index in [1.165, 1.54) is 0 Å². The number of rotatable bonds is 2. The molecule has 20 heavy (non-hydrogen) atoms. The second kappa shape index (κ2) is 4.73. The average molecular weight is 277 g/mol. The molecule has 0 aromatic heterocycles. The van der Waals surface area contributed by atoms with Crippen LogP contribution in [0, 0.1) is 33.5 Å². The lowest BCUT2D eigenvalue weighted by Gasteiger charge is -2.54. The van der Waals surface area contributed by atoms with Gasteiger partial charge in [0.2, 0.25) is 0 Å². The third-order valence-corrected chi connectivity index (χ3v) is 5.80. The van der Waals surface area contributed by atoms with Crippen LogP contribution >= 0.6 is 0 Å². The van der Waals surface area contributed by atoms with Crippen LogP contribution in [-0.4, -0.2) is 10.7 Å². The quantitative estimate of drug-likeness (QED) is 0.797. The molecule has 1 N–H and O–H groups in total. The Bertz CT molecular complexity index is 402. The van der Waals surface area contributed by atoms with Gasteiger partial charge in [0, 0.05) is 0 Å². The fourth-order valence-corrected chi connectivity index (χ4v) is 5.53. The highest BCUT2D eigenvalue weighted by Crippen LogP contribution is 2.60. The lowest BCUT2D eigenvalue weighted by atomic mass is 9.52. The minimum absolute atomic E-state index is 0.116. The van der Waals surface area contributed by atoms with Gasteiger partial charge in [-0.1, -0.05) is 41.0 Å². The first-order valence-corrected chi connectivity index (χ1v) is 8.21. The molecule has 2 aliphatic carbocycles. The van der Waals surface area contributed by atoms with Crippen molar-refractivity contribution in [3.05, 3.63) is 0 Å². The molecular weight excluding hydrogens is 246 g/mol. The zero-order valence-electron chi connectivity index (χ0n) is 13.9. The van der Waals surface area contributed by atoms with E-state index in [9.17, 15) is 10.4 Å². The van der Waals surface area contributed by atoms with E-state index in [4.69, 9.17) is 0 Å². The zero-order valence-corrected chi connectivity index (χ0v) is 13.9. The molecule has 2 rings (SSSR count). The van der Waals surface area contributed by atoms with Crippen molar-refractivity contribution in [3.63, 3.8) is 0 Å². The highest BCUT2D eigenvalue weighted by atomic mass is 16.3. The summed E-state index contributed by atoms with van der Waals surface area (Å²) in [7, 11) is 0. The number of nitriles is 1. The van der Waals surface area contributed by atoms with E-state index in [-0.39, 0.29) is 10.8 Å². The topological polar surface area (TPSA) is 44.0 Å². The van der Waals surface area contributed by atoms with Crippen molar-refractivity contribution < 1.29 is 5.11 Å². The van der Waals surface area contributed by atoms with Crippen molar-refractivity contribution in [1.82, 2.24) is 0 Å². The highest BCUT2D eigenvalue weighted by molar-refractivity contribution is 5.18. The highest BCUT2D eigenvalue weighted by Gasteiger charge is 2.59. The maximum absolute atomic E-state index is 11.5. The van der Waals surface area contributed by atoms with Crippen LogP contribution in [0.2, 0.25) is 0 Å². The first kappa shape index (κ1) is 15.8. The third-order valence-electron chi connectivity index (χ3n) is 5.80. The van der Waals surface area contributed by atoms with E-state index in [0.29, 0.717) is 5.92 Å². The molecule has 0 saturated heterocycles. The summed E-state index contributed by atoms with van der Waals surface area (Å²) in [6.45, 7) is 11.2. The van der Waals surface area contributed by atoms with Crippen molar-refractivity contribution in [2.24, 2.45) is 22.2 Å². The Morgan fingerprint density at radius 1 is 1.10 bits per heavy atom. The first-order valence-electron chi connectivity index (χ1n) is 8.21. The number of aliphatic hydroxyl groups is 1. The molecule has 0 heterocycles. The van der Waals surface area contributed by atoms with Crippen molar-refractivity contribution in [2.45, 2.75) is 85.2 Å². The lowest BCUT2D eigenvalue weighted by Crippen LogP contribution is -2.55. The molecular formula is C18H31NO. The second-order valence-corrected chi connectivity index (χ2v) is 9.10. The molecule has 2 atom stereocenters. The Hall–Kier alpha value is -0.550. The minimum Gasteiger partial charge on any atom is -0.388 e. The predicted molar refractivity (Wildman–Crippen MR) is 82.0 cm³/mol. The molecule has 2 unspecified atom stereocenters. The second-order valence-electron chi connectivity index (χ2n) is 9.10. The molecule has 114 valence electrons. The maximum atomic E-state index is 11.5. The summed E-state index contributed by atoms with van der Waals surface area (Å²) in [4.78, 5) is 0. The summed E-state index contributed by atoms with van der Waals surface area (Å²) in [6, 6.07) is 2.58. The molecule has 0 spiro atoms. The van der Waals surface area contributed by atoms with Gasteiger partial charge in [-0.3, -0.25) is 0 Å². The summed E-state index contributed by atoms with van der Waals surface area (Å²) in [5, 5.41) is 21.4. The van der Waals surface area contributed by atoms with E-state index >= 15 is 0 Å². The number of hydrogen-bond acceptors (Lipinski definition) is 2. The summed E-state index contributed by atoms with van der Waals surface area (Å²) >= 11 is 0. The van der Waals surface area contributed by atoms with Gasteiger partial charge in [0.1, 0.15) is 0 Å². The first-order chi connectivity index (χ1) is 9.07. The van der Waals surface area contributed by atoms with E-state index in [0.717, 1.165) is 44.9 Å². The SMILES string of the molecule is CCC1CCC(C#N)(C2(O)CC(C)(C)CC(C)(C)C2)C1. The van der Waals surface area contributed by atoms with Crippen LogP contribution in [0.3, 0.4) is 0 Å². The Kier molecular flexibility index (Phi) is 3.75. The van der Waals surface area contributed by atoms with E-state index in [2.05, 4.69) is 40.7 Å². The van der Waals surface area contributed by atoms with Crippen LogP contribution in [0.5, 0.6) is 0 Å². The maximum Gasteiger partial charge on any atom is 0.0863 e. The third kappa shape index (κ3) is 2.62. The summed E-state index contributed by atoms with van der Waals surface area (Å²) < 4.78 is 0. The molecule has 0 aromatic rings. The fraction of sp³-hybridized carbons (Fsp3) is 0.944. The van der Waals surface area contributed by atoms with Crippen LogP contribution in [0.15, 0.2) is 0 Å². The number of hydrogen-bond donors (Lipinski definition) is 1. The van der Waals surface area contributed by atoms with Gasteiger partial charge < -0.3 is 5.11 Å². The molecule has 0 amide bonds. The Morgan fingerprint density at radius 2 is 1.65 bits per heavy atom. The Morgan fingerprint density at radius 3 is 2.05 bits per heavy atom. The number of nitrogens with zero attached hydrogens (tertiary/aromatic N) is 1. The molecule has 0 bridgehead atoms. The van der Waals surface area contributed by atoms with Crippen molar-refractivity contribution in [3.8, 4) is 6.07 Å². The molecule has 2 aliphatic rings. The van der Waals surface area contributed by atoms with Gasteiger partial charge in [0.15, 0.2) is 0 Å². The van der Waals surface area contributed by atoms with Gasteiger partial charge in [0.25, 0.3) is 0 Å². The van der Waals surface area contributed by atoms with Crippen LogP contribution < -0.4 is 0 Å². The summed E-state index contributed by atoms with van der Waals surface area (Å²) in [6.07, 6.45) is 6.68. The summed E-state index contributed by atoms with van der Waals surface area (Å²) in [5.74, 6) is 0.617. The van der Waals surface area contributed by atoms with Gasteiger partial charge in [-0.05, 0) is 55.3 Å². The van der Waals surface area contributed by atoms with E-state index in [1.807, 2.05) is 0 Å². The van der Waals surface area contributed by atoms with Crippen LogP contribution in [0.25, 0.3) is 0 Å². The smallest absolute Gasteiger partial charge is 0.0863 e. The largest absolute Gasteiger partial charge is 0.388 e. The van der Waals surface area contributed by atoms with Crippen LogP contribution in [0.4, 0.5) is 0 Å². The van der Waals surface area contributed by atoms with E-state index in [1.54, 1.807) is 0 Å². The van der Waals surface area contributed by atoms with Crippen molar-refractivity contribution >= 4 is 0 Å². The van der Waals surface area contributed by atoms with Gasteiger partial charge >= 0.3 is 0 Å². The van der Waals surface area contributed by atoms with Crippen molar-refractivity contribution in [1.29, 1.82) is 5.26 Å². The molecule has 0 radical (unpaired) electrons. The monoisotopic (exact) mass is 277 g/mol. The lowest BCUT2D eigenvalue weighted by molar-refractivity contribution is -0.145. The molecule has 2 fully saturated rings. The minimum atomic E-state index is -0.809. The molecule has 0 aromatic carbocycles. The standard InChI is InChI=1S/C18H31NO/c1-6-14-7-8-17(9-14,13-19)18(20)11-15(2,3)10-16(4,5)12-18/h14,20H,6-12H2,1-5H3. The van der Waals surface area contributed by atoms with Gasteiger partial charge in [-0.2, -0.15) is 5.26 Å².